The van der Waals surface area contributed by atoms with E-state index in [1.807, 2.05) is 11.3 Å². The number of hydrogen-bond donors (Lipinski definition) is 0. The highest BCUT2D eigenvalue weighted by molar-refractivity contribution is 7.10. The van der Waals surface area contributed by atoms with Crippen LogP contribution in [-0.4, -0.2) is 23.9 Å². The Labute approximate surface area is 112 Å². The molecule has 0 bridgehead atoms. The number of rotatable bonds is 2. The topological polar surface area (TPSA) is 20.3 Å². The minimum Gasteiger partial charge on any atom is -0.342 e. The summed E-state index contributed by atoms with van der Waals surface area (Å²) in [6.07, 6.45) is 6.30. The predicted molar refractivity (Wildman–Crippen MR) is 72.6 cm³/mol. The number of amides is 1. The Morgan fingerprint density at radius 3 is 2.89 bits per heavy atom. The highest BCUT2D eigenvalue weighted by Gasteiger charge is 2.55. The Morgan fingerprint density at radius 1 is 1.39 bits per heavy atom. The maximum Gasteiger partial charge on any atom is 0.225 e. The summed E-state index contributed by atoms with van der Waals surface area (Å²) in [5.41, 5.74) is 0.646. The van der Waals surface area contributed by atoms with Gasteiger partial charge in [0, 0.05) is 29.8 Å². The van der Waals surface area contributed by atoms with Crippen LogP contribution < -0.4 is 0 Å². The molecule has 1 unspecified atom stereocenters. The number of carbonyl (C=O) groups is 1. The summed E-state index contributed by atoms with van der Waals surface area (Å²) in [4.78, 5) is 16.0. The maximum absolute atomic E-state index is 12.4. The summed E-state index contributed by atoms with van der Waals surface area (Å²) in [5.74, 6) is 1.42. The molecule has 3 heteroatoms. The monoisotopic (exact) mass is 261 g/mol. The summed E-state index contributed by atoms with van der Waals surface area (Å²) in [6.45, 7) is 1.94. The molecule has 2 saturated carbocycles. The average Bonchev–Trinajstić information content (AvgIpc) is 2.80. The van der Waals surface area contributed by atoms with E-state index in [2.05, 4.69) is 22.4 Å². The van der Waals surface area contributed by atoms with E-state index in [9.17, 15) is 4.79 Å². The van der Waals surface area contributed by atoms with E-state index in [1.165, 1.54) is 30.6 Å². The van der Waals surface area contributed by atoms with Crippen LogP contribution >= 0.6 is 11.3 Å². The van der Waals surface area contributed by atoms with E-state index < -0.39 is 0 Å². The zero-order valence-corrected chi connectivity index (χ0v) is 11.4. The summed E-state index contributed by atoms with van der Waals surface area (Å²) in [6, 6.07) is 4.33. The highest BCUT2D eigenvalue weighted by Crippen LogP contribution is 2.63. The van der Waals surface area contributed by atoms with E-state index >= 15 is 0 Å². The number of nitrogens with zero attached hydrogens (tertiary/aromatic N) is 1. The minimum absolute atomic E-state index is 0.370. The van der Waals surface area contributed by atoms with Crippen LogP contribution in [0.5, 0.6) is 0 Å². The fraction of sp³-hybridized carbons (Fsp3) is 0.667. The van der Waals surface area contributed by atoms with Gasteiger partial charge >= 0.3 is 0 Å². The quantitative estimate of drug-likeness (QED) is 0.800. The number of thiophene rings is 1. The lowest BCUT2D eigenvalue weighted by Crippen LogP contribution is -2.41. The molecule has 3 aliphatic rings. The predicted octanol–water partition coefficient (Wildman–Crippen LogP) is 3.25. The van der Waals surface area contributed by atoms with E-state index in [4.69, 9.17) is 0 Å². The molecule has 0 N–H and O–H groups in total. The van der Waals surface area contributed by atoms with Crippen molar-refractivity contribution < 1.29 is 4.79 Å². The van der Waals surface area contributed by atoms with Crippen LogP contribution in [0.1, 0.15) is 42.9 Å². The molecule has 1 saturated heterocycles. The molecule has 1 amide bonds. The van der Waals surface area contributed by atoms with E-state index in [1.54, 1.807) is 0 Å². The molecule has 96 valence electrons. The van der Waals surface area contributed by atoms with Crippen LogP contribution in [0, 0.1) is 11.3 Å². The highest BCUT2D eigenvalue weighted by atomic mass is 32.1. The fourth-order valence-electron chi connectivity index (χ4n) is 3.72. The SMILES string of the molecule is O=C(C1CC2(CC2)C1)N1CCC(c2cccs2)C1. The van der Waals surface area contributed by atoms with Gasteiger partial charge in [-0.3, -0.25) is 4.79 Å². The summed E-state index contributed by atoms with van der Waals surface area (Å²) >= 11 is 1.83. The van der Waals surface area contributed by atoms with Crippen LogP contribution in [-0.2, 0) is 4.79 Å². The second-order valence-electron chi connectivity index (χ2n) is 6.39. The number of carbonyl (C=O) groups excluding carboxylic acids is 1. The van der Waals surface area contributed by atoms with E-state index in [-0.39, 0.29) is 0 Å². The Morgan fingerprint density at radius 2 is 2.22 bits per heavy atom. The third kappa shape index (κ3) is 1.71. The van der Waals surface area contributed by atoms with Crippen molar-refractivity contribution in [1.29, 1.82) is 0 Å². The molecule has 2 aliphatic carbocycles. The van der Waals surface area contributed by atoms with Crippen LogP contribution in [0.3, 0.4) is 0 Å². The first-order valence-corrected chi connectivity index (χ1v) is 7.96. The first-order chi connectivity index (χ1) is 8.76. The normalized spacial score (nSPS) is 29.6. The summed E-state index contributed by atoms with van der Waals surface area (Å²) in [7, 11) is 0. The van der Waals surface area contributed by atoms with Gasteiger partial charge in [0.25, 0.3) is 0 Å². The first-order valence-electron chi connectivity index (χ1n) is 7.08. The van der Waals surface area contributed by atoms with Gasteiger partial charge in [-0.2, -0.15) is 0 Å². The van der Waals surface area contributed by atoms with Crippen molar-refractivity contribution in [2.24, 2.45) is 11.3 Å². The molecule has 3 fully saturated rings. The Hall–Kier alpha value is -0.830. The molecule has 18 heavy (non-hydrogen) atoms. The van der Waals surface area contributed by atoms with Crippen LogP contribution in [0.4, 0.5) is 0 Å². The Balaban J connectivity index is 1.37. The first kappa shape index (κ1) is 11.0. The molecule has 2 nitrogen and oxygen atoms in total. The van der Waals surface area contributed by atoms with Crippen molar-refractivity contribution in [2.75, 3.05) is 13.1 Å². The second kappa shape index (κ2) is 3.83. The molecule has 1 aliphatic heterocycles. The van der Waals surface area contributed by atoms with E-state index in [0.29, 0.717) is 23.2 Å². The maximum atomic E-state index is 12.4. The van der Waals surface area contributed by atoms with Gasteiger partial charge in [0.05, 0.1) is 0 Å². The molecule has 0 radical (unpaired) electrons. The van der Waals surface area contributed by atoms with Gasteiger partial charge in [0.15, 0.2) is 0 Å². The van der Waals surface area contributed by atoms with Crippen molar-refractivity contribution >= 4 is 17.2 Å². The van der Waals surface area contributed by atoms with Gasteiger partial charge < -0.3 is 4.90 Å². The van der Waals surface area contributed by atoms with Crippen LogP contribution in [0.25, 0.3) is 0 Å². The molecule has 1 aromatic heterocycles. The largest absolute Gasteiger partial charge is 0.342 e. The van der Waals surface area contributed by atoms with Gasteiger partial charge in [0.2, 0.25) is 5.91 Å². The van der Waals surface area contributed by atoms with Crippen molar-refractivity contribution in [3.8, 4) is 0 Å². The lowest BCUT2D eigenvalue weighted by atomic mass is 9.71. The molecular formula is C15H19NOS. The molecule has 1 atom stereocenters. The molecule has 1 spiro atoms. The molecule has 1 aromatic rings. The Kier molecular flexibility index (Phi) is 2.35. The third-order valence-corrected chi connectivity index (χ3v) is 6.15. The van der Waals surface area contributed by atoms with Crippen LogP contribution in [0.15, 0.2) is 17.5 Å². The molecule has 0 aromatic carbocycles. The number of hydrogen-bond acceptors (Lipinski definition) is 2. The summed E-state index contributed by atoms with van der Waals surface area (Å²) in [5, 5.41) is 2.14. The lowest BCUT2D eigenvalue weighted by Gasteiger charge is -2.37. The van der Waals surface area contributed by atoms with Gasteiger partial charge in [-0.1, -0.05) is 6.07 Å². The zero-order valence-electron chi connectivity index (χ0n) is 10.6. The second-order valence-corrected chi connectivity index (χ2v) is 7.37. The summed E-state index contributed by atoms with van der Waals surface area (Å²) < 4.78 is 0. The third-order valence-electron chi connectivity index (χ3n) is 5.11. The van der Waals surface area contributed by atoms with Crippen molar-refractivity contribution in [1.82, 2.24) is 4.90 Å². The zero-order chi connectivity index (χ0) is 12.2. The standard InChI is InChI=1S/C15H19NOS/c17-14(12-8-15(9-12)4-5-15)16-6-3-11(10-16)13-2-1-7-18-13/h1-2,7,11-12H,3-6,8-10H2. The average molecular weight is 261 g/mol. The van der Waals surface area contributed by atoms with E-state index in [0.717, 1.165) is 19.5 Å². The molecule has 2 heterocycles. The lowest BCUT2D eigenvalue weighted by molar-refractivity contribution is -0.139. The Bertz CT molecular complexity index is 455. The van der Waals surface area contributed by atoms with Gasteiger partial charge in [-0.05, 0) is 49.0 Å². The minimum atomic E-state index is 0.370. The van der Waals surface area contributed by atoms with Crippen molar-refractivity contribution in [3.63, 3.8) is 0 Å². The van der Waals surface area contributed by atoms with Crippen LogP contribution in [0.2, 0.25) is 0 Å². The fourth-order valence-corrected chi connectivity index (χ4v) is 4.58. The van der Waals surface area contributed by atoms with Crippen molar-refractivity contribution in [2.45, 2.75) is 38.0 Å². The van der Waals surface area contributed by atoms with Gasteiger partial charge in [-0.25, -0.2) is 0 Å². The molecular weight excluding hydrogens is 242 g/mol. The van der Waals surface area contributed by atoms with Crippen molar-refractivity contribution in [3.05, 3.63) is 22.4 Å². The van der Waals surface area contributed by atoms with Gasteiger partial charge in [0.1, 0.15) is 0 Å². The molecule has 4 rings (SSSR count). The number of likely N-dealkylation sites (tertiary alicyclic amines) is 1. The smallest absolute Gasteiger partial charge is 0.225 e. The van der Waals surface area contributed by atoms with Gasteiger partial charge in [-0.15, -0.1) is 11.3 Å².